The number of H-pyrrole nitrogens is 1. The van der Waals surface area contributed by atoms with Gasteiger partial charge in [-0.1, -0.05) is 65.0 Å². The maximum Gasteiger partial charge on any atom is 0.278 e. The molecule has 8 heteroatoms. The molecule has 1 aromatic carbocycles. The van der Waals surface area contributed by atoms with Crippen molar-refractivity contribution in [2.75, 3.05) is 50.7 Å². The van der Waals surface area contributed by atoms with Crippen LogP contribution in [0.3, 0.4) is 0 Å². The molecule has 0 radical (unpaired) electrons. The van der Waals surface area contributed by atoms with Crippen LogP contribution in [0.5, 0.6) is 0 Å². The van der Waals surface area contributed by atoms with E-state index in [1.807, 2.05) is 7.05 Å². The number of piperazine rings is 1. The van der Waals surface area contributed by atoms with Gasteiger partial charge in [0.25, 0.3) is 5.56 Å². The number of benzene rings is 1. The van der Waals surface area contributed by atoms with E-state index in [-0.39, 0.29) is 11.0 Å². The molecule has 3 aromatic rings. The van der Waals surface area contributed by atoms with Crippen molar-refractivity contribution in [3.63, 3.8) is 0 Å². The third-order valence-corrected chi connectivity index (χ3v) is 6.68. The van der Waals surface area contributed by atoms with Crippen LogP contribution in [0.15, 0.2) is 35.1 Å². The number of aromatic amines is 1. The highest BCUT2D eigenvalue weighted by Gasteiger charge is 2.26. The maximum atomic E-state index is 13.0. The minimum absolute atomic E-state index is 0.126. The highest BCUT2D eigenvalue weighted by atomic mass is 16.1. The summed E-state index contributed by atoms with van der Waals surface area (Å²) in [7, 11) is 1.82. The molecule has 0 saturated carbocycles. The summed E-state index contributed by atoms with van der Waals surface area (Å²) in [5.74, 6) is 1.10. The first kappa shape index (κ1) is 25.4. The Labute approximate surface area is 208 Å². The van der Waals surface area contributed by atoms with E-state index in [9.17, 15) is 4.79 Å². The number of anilines is 1. The van der Waals surface area contributed by atoms with Crippen LogP contribution in [0.1, 0.15) is 45.9 Å². The van der Waals surface area contributed by atoms with Crippen molar-refractivity contribution in [2.45, 2.75) is 46.6 Å². The van der Waals surface area contributed by atoms with E-state index in [2.05, 4.69) is 89.7 Å². The topological polar surface area (TPSA) is 73.3 Å². The second-order valence-corrected chi connectivity index (χ2v) is 11.3. The van der Waals surface area contributed by atoms with Crippen LogP contribution in [-0.2, 0) is 19.0 Å². The lowest BCUT2D eigenvalue weighted by atomic mass is 9.91. The fourth-order valence-corrected chi connectivity index (χ4v) is 4.82. The van der Waals surface area contributed by atoms with E-state index < -0.39 is 0 Å². The van der Waals surface area contributed by atoms with Gasteiger partial charge in [-0.25, -0.2) is 4.98 Å². The van der Waals surface area contributed by atoms with Gasteiger partial charge in [-0.3, -0.25) is 24.3 Å². The van der Waals surface area contributed by atoms with E-state index in [1.54, 1.807) is 4.68 Å². The number of rotatable bonds is 8. The Hall–Kier alpha value is -2.71. The van der Waals surface area contributed by atoms with Crippen molar-refractivity contribution in [1.82, 2.24) is 29.5 Å². The summed E-state index contributed by atoms with van der Waals surface area (Å²) in [4.78, 5) is 28.3. The number of aromatic nitrogens is 4. The summed E-state index contributed by atoms with van der Waals surface area (Å²) in [5.41, 5.74) is 3.17. The van der Waals surface area contributed by atoms with Gasteiger partial charge in [0.1, 0.15) is 5.52 Å². The maximum absolute atomic E-state index is 13.0. The van der Waals surface area contributed by atoms with Gasteiger partial charge in [-0.15, -0.1) is 0 Å². The summed E-state index contributed by atoms with van der Waals surface area (Å²) in [6.07, 6.45) is 0. The van der Waals surface area contributed by atoms with Gasteiger partial charge in [-0.05, 0) is 11.5 Å². The first-order chi connectivity index (χ1) is 16.6. The highest BCUT2D eigenvalue weighted by molar-refractivity contribution is 5.78. The number of aryl methyl sites for hydroxylation is 1. The van der Waals surface area contributed by atoms with E-state index in [0.717, 1.165) is 58.1 Å². The van der Waals surface area contributed by atoms with Gasteiger partial charge < -0.3 is 4.90 Å². The average molecular weight is 480 g/mol. The van der Waals surface area contributed by atoms with E-state index in [1.165, 1.54) is 5.56 Å². The fraction of sp³-hybridized carbons (Fsp3) is 0.593. The van der Waals surface area contributed by atoms with E-state index in [0.29, 0.717) is 22.9 Å². The fourth-order valence-electron chi connectivity index (χ4n) is 4.82. The van der Waals surface area contributed by atoms with Crippen molar-refractivity contribution in [3.05, 3.63) is 51.9 Å². The molecule has 4 rings (SSSR count). The summed E-state index contributed by atoms with van der Waals surface area (Å²) >= 11 is 0. The second kappa shape index (κ2) is 10.5. The quantitative estimate of drug-likeness (QED) is 0.535. The third kappa shape index (κ3) is 6.11. The molecular weight excluding hydrogens is 438 g/mol. The first-order valence-electron chi connectivity index (χ1n) is 12.8. The predicted molar refractivity (Wildman–Crippen MR) is 143 cm³/mol. The average Bonchev–Trinajstić information content (AvgIpc) is 3.15. The van der Waals surface area contributed by atoms with Crippen molar-refractivity contribution in [2.24, 2.45) is 13.0 Å². The molecule has 1 aliphatic heterocycles. The number of hydrogen-bond acceptors (Lipinski definition) is 6. The van der Waals surface area contributed by atoms with E-state index >= 15 is 0 Å². The Balaban J connectivity index is 1.46. The first-order valence-corrected chi connectivity index (χ1v) is 12.8. The van der Waals surface area contributed by atoms with Gasteiger partial charge >= 0.3 is 0 Å². The van der Waals surface area contributed by atoms with Crippen molar-refractivity contribution >= 4 is 17.0 Å². The monoisotopic (exact) mass is 479 g/mol. The van der Waals surface area contributed by atoms with Crippen LogP contribution in [0.25, 0.3) is 11.0 Å². The van der Waals surface area contributed by atoms with Crippen LogP contribution in [0.4, 0.5) is 5.95 Å². The molecule has 35 heavy (non-hydrogen) atoms. The minimum Gasteiger partial charge on any atom is -0.341 e. The molecule has 0 atom stereocenters. The Morgan fingerprint density at radius 3 is 2.34 bits per heavy atom. The summed E-state index contributed by atoms with van der Waals surface area (Å²) < 4.78 is 1.66. The summed E-state index contributed by atoms with van der Waals surface area (Å²) in [6.45, 7) is 18.6. The molecule has 1 N–H and O–H groups in total. The SMILES string of the molecule is CC(C)CN(CCN1CCN(Cc2ccccc2)CC1)c1nc2c(C(C)(C)C)nn(C)c2c(=O)[nH]1. The van der Waals surface area contributed by atoms with Gasteiger partial charge in [0.15, 0.2) is 5.52 Å². The Morgan fingerprint density at radius 2 is 1.71 bits per heavy atom. The molecule has 8 nitrogen and oxygen atoms in total. The lowest BCUT2D eigenvalue weighted by molar-refractivity contribution is 0.129. The van der Waals surface area contributed by atoms with E-state index in [4.69, 9.17) is 4.98 Å². The lowest BCUT2D eigenvalue weighted by Crippen LogP contribution is -2.48. The number of fused-ring (bicyclic) bond motifs is 1. The Kier molecular flexibility index (Phi) is 7.62. The van der Waals surface area contributed by atoms with Gasteiger partial charge in [0.05, 0.1) is 5.69 Å². The molecule has 3 heterocycles. The molecule has 0 amide bonds. The second-order valence-electron chi connectivity index (χ2n) is 11.3. The Bertz CT molecular complexity index is 1170. The zero-order valence-corrected chi connectivity index (χ0v) is 22.2. The molecule has 190 valence electrons. The van der Waals surface area contributed by atoms with Crippen molar-refractivity contribution in [1.29, 1.82) is 0 Å². The van der Waals surface area contributed by atoms with Gasteiger partial charge in [0, 0.05) is 64.8 Å². The van der Waals surface area contributed by atoms with Crippen molar-refractivity contribution < 1.29 is 0 Å². The zero-order chi connectivity index (χ0) is 25.2. The summed E-state index contributed by atoms with van der Waals surface area (Å²) in [5, 5.41) is 4.64. The molecule has 1 fully saturated rings. The molecule has 0 spiro atoms. The highest BCUT2D eigenvalue weighted by Crippen LogP contribution is 2.27. The third-order valence-electron chi connectivity index (χ3n) is 6.68. The summed E-state index contributed by atoms with van der Waals surface area (Å²) in [6, 6.07) is 10.7. The standard InChI is InChI=1S/C27H41N7O/c1-20(2)18-34(17-16-32-12-14-33(15-13-32)19-21-10-8-7-9-11-21)26-28-22-23(25(35)29-26)31(6)30-24(22)27(3,4)5/h7-11,20H,12-19H2,1-6H3,(H,28,29,35). The van der Waals surface area contributed by atoms with Crippen molar-refractivity contribution in [3.8, 4) is 0 Å². The molecule has 1 saturated heterocycles. The number of nitrogens with zero attached hydrogens (tertiary/aromatic N) is 6. The Morgan fingerprint density at radius 1 is 1.06 bits per heavy atom. The normalized spacial score (nSPS) is 15.9. The molecular formula is C27H41N7O. The number of hydrogen-bond donors (Lipinski definition) is 1. The van der Waals surface area contributed by atoms with Crippen LogP contribution >= 0.6 is 0 Å². The predicted octanol–water partition coefficient (Wildman–Crippen LogP) is 3.23. The zero-order valence-electron chi connectivity index (χ0n) is 22.2. The van der Waals surface area contributed by atoms with Crippen LogP contribution in [0.2, 0.25) is 0 Å². The largest absolute Gasteiger partial charge is 0.341 e. The van der Waals surface area contributed by atoms with Crippen LogP contribution in [-0.4, -0.2) is 75.4 Å². The van der Waals surface area contributed by atoms with Crippen LogP contribution < -0.4 is 10.5 Å². The minimum atomic E-state index is -0.195. The molecule has 0 aliphatic carbocycles. The number of nitrogens with one attached hydrogen (secondary N) is 1. The molecule has 2 aromatic heterocycles. The molecule has 0 bridgehead atoms. The van der Waals surface area contributed by atoms with Crippen LogP contribution in [0, 0.1) is 5.92 Å². The van der Waals surface area contributed by atoms with Gasteiger partial charge in [0.2, 0.25) is 5.95 Å². The van der Waals surface area contributed by atoms with Gasteiger partial charge in [-0.2, -0.15) is 5.10 Å². The molecule has 0 unspecified atom stereocenters. The molecule has 1 aliphatic rings. The lowest BCUT2D eigenvalue weighted by Gasteiger charge is -2.36. The smallest absolute Gasteiger partial charge is 0.278 e.